The van der Waals surface area contributed by atoms with Crippen molar-refractivity contribution in [2.45, 2.75) is 17.7 Å². The van der Waals surface area contributed by atoms with Gasteiger partial charge in [0.15, 0.2) is 0 Å². The molecule has 25 heavy (non-hydrogen) atoms. The molecule has 1 N–H and O–H groups in total. The van der Waals surface area contributed by atoms with E-state index in [0.717, 1.165) is 19.5 Å². The van der Waals surface area contributed by atoms with Gasteiger partial charge < -0.3 is 4.90 Å². The molecule has 0 spiro atoms. The fourth-order valence-electron chi connectivity index (χ4n) is 2.95. The maximum atomic E-state index is 12.2. The summed E-state index contributed by atoms with van der Waals surface area (Å²) < 4.78 is 27.0. The maximum absolute atomic E-state index is 12.2. The molecule has 0 aromatic heterocycles. The Morgan fingerprint density at radius 1 is 1.12 bits per heavy atom. The molecule has 3 rings (SSSR count). The van der Waals surface area contributed by atoms with E-state index in [1.54, 1.807) is 0 Å². The standard InChI is InChI=1S/C17H19N3O4S/c21-20(22)15-6-8-16(9-7-15)25(23,24)18-11-3-12-19-13-10-14-4-1-2-5-17(14)19/h1-2,4-9,18H,3,10-13H2. The summed E-state index contributed by atoms with van der Waals surface area (Å²) in [5.74, 6) is 0. The van der Waals surface area contributed by atoms with Crippen LogP contribution in [0.1, 0.15) is 12.0 Å². The number of nitro benzene ring substituents is 1. The van der Waals surface area contributed by atoms with Crippen LogP contribution in [0.25, 0.3) is 0 Å². The molecule has 0 saturated carbocycles. The summed E-state index contributed by atoms with van der Waals surface area (Å²) in [4.78, 5) is 12.4. The predicted octanol–water partition coefficient (Wildman–Crippen LogP) is 2.33. The van der Waals surface area contributed by atoms with Gasteiger partial charge in [-0.15, -0.1) is 0 Å². The van der Waals surface area contributed by atoms with Crippen molar-refractivity contribution in [2.24, 2.45) is 0 Å². The number of sulfonamides is 1. The molecular formula is C17H19N3O4S. The number of rotatable bonds is 7. The van der Waals surface area contributed by atoms with Crippen LogP contribution in [0.15, 0.2) is 53.4 Å². The summed E-state index contributed by atoms with van der Waals surface area (Å²) in [6.07, 6.45) is 1.70. The average Bonchev–Trinajstić information content (AvgIpc) is 3.02. The van der Waals surface area contributed by atoms with Gasteiger partial charge in [-0.05, 0) is 36.6 Å². The lowest BCUT2D eigenvalue weighted by Gasteiger charge is -2.19. The van der Waals surface area contributed by atoms with Gasteiger partial charge in [0.2, 0.25) is 10.0 Å². The largest absolute Gasteiger partial charge is 0.371 e. The van der Waals surface area contributed by atoms with Crippen molar-refractivity contribution in [3.05, 3.63) is 64.2 Å². The van der Waals surface area contributed by atoms with E-state index < -0.39 is 14.9 Å². The molecular weight excluding hydrogens is 342 g/mol. The van der Waals surface area contributed by atoms with Crippen molar-refractivity contribution < 1.29 is 13.3 Å². The van der Waals surface area contributed by atoms with E-state index in [1.165, 1.54) is 35.5 Å². The minimum Gasteiger partial charge on any atom is -0.371 e. The van der Waals surface area contributed by atoms with Crippen LogP contribution < -0.4 is 9.62 Å². The molecule has 0 fully saturated rings. The molecule has 8 heteroatoms. The second kappa shape index (κ2) is 7.20. The van der Waals surface area contributed by atoms with Crippen molar-refractivity contribution >= 4 is 21.4 Å². The zero-order chi connectivity index (χ0) is 17.9. The third kappa shape index (κ3) is 3.97. The molecule has 0 unspecified atom stereocenters. The highest BCUT2D eigenvalue weighted by Gasteiger charge is 2.18. The monoisotopic (exact) mass is 361 g/mol. The number of para-hydroxylation sites is 1. The van der Waals surface area contributed by atoms with Crippen LogP contribution in [-0.4, -0.2) is 33.0 Å². The van der Waals surface area contributed by atoms with Crippen LogP contribution >= 0.6 is 0 Å². The highest BCUT2D eigenvalue weighted by molar-refractivity contribution is 7.89. The van der Waals surface area contributed by atoms with Gasteiger partial charge in [0.25, 0.3) is 5.69 Å². The van der Waals surface area contributed by atoms with Crippen LogP contribution in [-0.2, 0) is 16.4 Å². The Morgan fingerprint density at radius 3 is 2.56 bits per heavy atom. The van der Waals surface area contributed by atoms with Gasteiger partial charge in [-0.25, -0.2) is 13.1 Å². The summed E-state index contributed by atoms with van der Waals surface area (Å²) in [7, 11) is -3.65. The second-order valence-corrected chi connectivity index (χ2v) is 7.64. The lowest BCUT2D eigenvalue weighted by molar-refractivity contribution is -0.384. The van der Waals surface area contributed by atoms with Crippen LogP contribution in [0.4, 0.5) is 11.4 Å². The molecule has 2 aromatic rings. The summed E-state index contributed by atoms with van der Waals surface area (Å²) >= 11 is 0. The van der Waals surface area contributed by atoms with Crippen LogP contribution in [0.3, 0.4) is 0 Å². The minimum atomic E-state index is -3.65. The molecule has 1 aliphatic heterocycles. The van der Waals surface area contributed by atoms with Crippen LogP contribution in [0, 0.1) is 10.1 Å². The fourth-order valence-corrected chi connectivity index (χ4v) is 4.02. The number of hydrogen-bond acceptors (Lipinski definition) is 5. The van der Waals surface area contributed by atoms with Crippen molar-refractivity contribution in [3.63, 3.8) is 0 Å². The summed E-state index contributed by atoms with van der Waals surface area (Å²) in [5.41, 5.74) is 2.42. The topological polar surface area (TPSA) is 92.5 Å². The van der Waals surface area contributed by atoms with Gasteiger partial charge in [0, 0.05) is 37.5 Å². The number of benzene rings is 2. The summed E-state index contributed by atoms with van der Waals surface area (Å²) in [6.45, 7) is 2.05. The average molecular weight is 361 g/mol. The van der Waals surface area contributed by atoms with E-state index in [0.29, 0.717) is 13.0 Å². The minimum absolute atomic E-state index is 0.0321. The first-order chi connectivity index (χ1) is 12.0. The number of nitrogens with zero attached hydrogens (tertiary/aromatic N) is 2. The second-order valence-electron chi connectivity index (χ2n) is 5.87. The van der Waals surface area contributed by atoms with Crippen molar-refractivity contribution in [2.75, 3.05) is 24.5 Å². The van der Waals surface area contributed by atoms with Crippen LogP contribution in [0.2, 0.25) is 0 Å². The molecule has 1 aliphatic rings. The Labute approximate surface area is 146 Å². The summed E-state index contributed by atoms with van der Waals surface area (Å²) in [6, 6.07) is 13.1. The molecule has 0 saturated heterocycles. The van der Waals surface area contributed by atoms with Crippen molar-refractivity contribution in [1.29, 1.82) is 0 Å². The fraction of sp³-hybridized carbons (Fsp3) is 0.294. The molecule has 0 amide bonds. The molecule has 1 heterocycles. The normalized spacial score (nSPS) is 13.7. The van der Waals surface area contributed by atoms with E-state index in [2.05, 4.69) is 21.8 Å². The maximum Gasteiger partial charge on any atom is 0.269 e. The molecule has 132 valence electrons. The van der Waals surface area contributed by atoms with Gasteiger partial charge in [-0.1, -0.05) is 18.2 Å². The number of nitro groups is 1. The number of nitrogens with one attached hydrogen (secondary N) is 1. The third-order valence-electron chi connectivity index (χ3n) is 4.24. The Morgan fingerprint density at radius 2 is 1.84 bits per heavy atom. The van der Waals surface area contributed by atoms with Gasteiger partial charge in [-0.3, -0.25) is 10.1 Å². The molecule has 0 bridgehead atoms. The van der Waals surface area contributed by atoms with Crippen molar-refractivity contribution in [3.8, 4) is 0 Å². The van der Waals surface area contributed by atoms with E-state index in [-0.39, 0.29) is 10.6 Å². The Kier molecular flexibility index (Phi) is 5.00. The number of hydrogen-bond donors (Lipinski definition) is 1. The SMILES string of the molecule is O=[N+]([O-])c1ccc(S(=O)(=O)NCCCN2CCc3ccccc32)cc1. The van der Waals surface area contributed by atoms with E-state index in [9.17, 15) is 18.5 Å². The zero-order valence-corrected chi connectivity index (χ0v) is 14.4. The Balaban J connectivity index is 1.52. The highest BCUT2D eigenvalue weighted by Crippen LogP contribution is 2.27. The lowest BCUT2D eigenvalue weighted by Crippen LogP contribution is -2.29. The van der Waals surface area contributed by atoms with Crippen LogP contribution in [0.5, 0.6) is 0 Å². The van der Waals surface area contributed by atoms with Crippen molar-refractivity contribution in [1.82, 2.24) is 4.72 Å². The zero-order valence-electron chi connectivity index (χ0n) is 13.6. The van der Waals surface area contributed by atoms with E-state index in [4.69, 9.17) is 0 Å². The Bertz CT molecular complexity index is 866. The molecule has 7 nitrogen and oxygen atoms in total. The van der Waals surface area contributed by atoms with Gasteiger partial charge in [0.1, 0.15) is 0 Å². The van der Waals surface area contributed by atoms with E-state index in [1.807, 2.05) is 12.1 Å². The lowest BCUT2D eigenvalue weighted by atomic mass is 10.2. The van der Waals surface area contributed by atoms with Gasteiger partial charge in [0.05, 0.1) is 9.82 Å². The first-order valence-electron chi connectivity index (χ1n) is 8.04. The molecule has 2 aromatic carbocycles. The quantitative estimate of drug-likeness (QED) is 0.464. The molecule has 0 radical (unpaired) electrons. The van der Waals surface area contributed by atoms with Gasteiger partial charge >= 0.3 is 0 Å². The highest BCUT2D eigenvalue weighted by atomic mass is 32.2. The molecule has 0 aliphatic carbocycles. The number of fused-ring (bicyclic) bond motifs is 1. The first kappa shape index (κ1) is 17.4. The molecule has 0 atom stereocenters. The third-order valence-corrected chi connectivity index (χ3v) is 5.72. The smallest absolute Gasteiger partial charge is 0.269 e. The number of anilines is 1. The Hall–Kier alpha value is -2.45. The predicted molar refractivity (Wildman–Crippen MR) is 95.3 cm³/mol. The first-order valence-corrected chi connectivity index (χ1v) is 9.53. The number of non-ortho nitro benzene ring substituents is 1. The van der Waals surface area contributed by atoms with E-state index >= 15 is 0 Å². The van der Waals surface area contributed by atoms with Gasteiger partial charge in [-0.2, -0.15) is 0 Å². The summed E-state index contributed by atoms with van der Waals surface area (Å²) in [5, 5.41) is 10.6.